The molecule has 0 radical (unpaired) electrons. The molecule has 18 heavy (non-hydrogen) atoms. The molecule has 0 saturated heterocycles. The second-order valence-electron chi connectivity index (χ2n) is 4.04. The molecule has 98 valence electrons. The summed E-state index contributed by atoms with van der Waals surface area (Å²) in [6.07, 6.45) is -1.35. The van der Waals surface area contributed by atoms with Crippen molar-refractivity contribution < 1.29 is 15.3 Å². The fourth-order valence-electron chi connectivity index (χ4n) is 1.67. The number of azide groups is 1. The average Bonchev–Trinajstić information content (AvgIpc) is 2.42. The van der Waals surface area contributed by atoms with E-state index < -0.39 is 24.9 Å². The third-order valence-corrected chi connectivity index (χ3v) is 2.75. The van der Waals surface area contributed by atoms with Gasteiger partial charge in [0.15, 0.2) is 0 Å². The average molecular weight is 251 g/mol. The third kappa shape index (κ3) is 4.35. The number of hydrogen-bond acceptors (Lipinski definition) is 4. The minimum absolute atomic E-state index is 0.336. The fourth-order valence-corrected chi connectivity index (χ4v) is 1.67. The molecular formula is C12H17N3O3. The lowest BCUT2D eigenvalue weighted by Crippen LogP contribution is -2.38. The second-order valence-corrected chi connectivity index (χ2v) is 4.04. The lowest BCUT2D eigenvalue weighted by atomic mass is 10.00. The van der Waals surface area contributed by atoms with Crippen molar-refractivity contribution >= 4 is 0 Å². The Kier molecular flexibility index (Phi) is 6.18. The number of aryl methyl sites for hydroxylation is 1. The molecule has 0 aromatic heterocycles. The first-order valence-electron chi connectivity index (χ1n) is 5.74. The molecule has 6 nitrogen and oxygen atoms in total. The maximum absolute atomic E-state index is 9.76. The Labute approximate surface area is 105 Å². The van der Waals surface area contributed by atoms with Gasteiger partial charge in [0, 0.05) is 4.91 Å². The van der Waals surface area contributed by atoms with Gasteiger partial charge in [0.1, 0.15) is 0 Å². The van der Waals surface area contributed by atoms with Crippen LogP contribution in [0.2, 0.25) is 0 Å². The summed E-state index contributed by atoms with van der Waals surface area (Å²) in [5.41, 5.74) is 9.31. The van der Waals surface area contributed by atoms with Crippen LogP contribution in [0.4, 0.5) is 0 Å². The van der Waals surface area contributed by atoms with E-state index in [0.29, 0.717) is 12.8 Å². The standard InChI is InChI=1S/C12H17N3O3/c13-15-14-10(8-16)12(18)11(17)7-6-9-4-2-1-3-5-9/h1-5,10-12,16-18H,6-8H2/t10-,11-,12+/m1/s1. The molecular weight excluding hydrogens is 234 g/mol. The van der Waals surface area contributed by atoms with Crippen molar-refractivity contribution in [1.82, 2.24) is 0 Å². The van der Waals surface area contributed by atoms with Gasteiger partial charge >= 0.3 is 0 Å². The number of aliphatic hydroxyl groups is 3. The minimum atomic E-state index is -1.25. The van der Waals surface area contributed by atoms with Gasteiger partial charge in [-0.1, -0.05) is 35.4 Å². The van der Waals surface area contributed by atoms with Crippen molar-refractivity contribution in [3.05, 3.63) is 46.3 Å². The minimum Gasteiger partial charge on any atom is -0.396 e. The normalized spacial score (nSPS) is 15.5. The molecule has 3 N–H and O–H groups in total. The fraction of sp³-hybridized carbons (Fsp3) is 0.500. The van der Waals surface area contributed by atoms with Gasteiger partial charge < -0.3 is 15.3 Å². The molecule has 3 atom stereocenters. The lowest BCUT2D eigenvalue weighted by molar-refractivity contribution is -0.0106. The molecule has 0 bridgehead atoms. The van der Waals surface area contributed by atoms with Gasteiger partial charge in [-0.15, -0.1) is 0 Å². The zero-order valence-corrected chi connectivity index (χ0v) is 9.92. The van der Waals surface area contributed by atoms with Crippen molar-refractivity contribution in [3.8, 4) is 0 Å². The van der Waals surface area contributed by atoms with Gasteiger partial charge in [-0.05, 0) is 23.9 Å². The number of rotatable bonds is 7. The Morgan fingerprint density at radius 2 is 1.89 bits per heavy atom. The Morgan fingerprint density at radius 3 is 2.44 bits per heavy atom. The van der Waals surface area contributed by atoms with E-state index in [0.717, 1.165) is 5.56 Å². The van der Waals surface area contributed by atoms with Gasteiger partial charge in [0.2, 0.25) is 0 Å². The molecule has 1 aromatic rings. The summed E-state index contributed by atoms with van der Waals surface area (Å²) in [6, 6.07) is 8.54. The van der Waals surface area contributed by atoms with E-state index >= 15 is 0 Å². The predicted octanol–water partition coefficient (Wildman–Crippen LogP) is 1.01. The highest BCUT2D eigenvalue weighted by Gasteiger charge is 2.24. The predicted molar refractivity (Wildman–Crippen MR) is 66.8 cm³/mol. The molecule has 0 saturated carbocycles. The van der Waals surface area contributed by atoms with Gasteiger partial charge in [0.25, 0.3) is 0 Å². The first kappa shape index (κ1) is 14.5. The first-order chi connectivity index (χ1) is 8.69. The van der Waals surface area contributed by atoms with Crippen LogP contribution in [0.1, 0.15) is 12.0 Å². The molecule has 0 aliphatic heterocycles. The summed E-state index contributed by atoms with van der Waals surface area (Å²) in [4.78, 5) is 2.52. The van der Waals surface area contributed by atoms with Gasteiger partial charge in [-0.2, -0.15) is 0 Å². The van der Waals surface area contributed by atoms with Gasteiger partial charge in [0.05, 0.1) is 24.9 Å². The van der Waals surface area contributed by atoms with Crippen LogP contribution in [0.25, 0.3) is 10.4 Å². The van der Waals surface area contributed by atoms with Crippen LogP contribution >= 0.6 is 0 Å². The van der Waals surface area contributed by atoms with E-state index in [1.807, 2.05) is 30.3 Å². The summed E-state index contributed by atoms with van der Waals surface area (Å²) in [6.45, 7) is -0.492. The highest BCUT2D eigenvalue weighted by atomic mass is 16.3. The summed E-state index contributed by atoms with van der Waals surface area (Å²) in [7, 11) is 0. The van der Waals surface area contributed by atoms with Gasteiger partial charge in [-0.3, -0.25) is 0 Å². The quantitative estimate of drug-likeness (QED) is 0.382. The van der Waals surface area contributed by atoms with E-state index in [2.05, 4.69) is 10.0 Å². The van der Waals surface area contributed by atoms with E-state index in [9.17, 15) is 10.2 Å². The molecule has 1 aromatic carbocycles. The lowest BCUT2D eigenvalue weighted by Gasteiger charge is -2.21. The van der Waals surface area contributed by atoms with Crippen LogP contribution < -0.4 is 0 Å². The van der Waals surface area contributed by atoms with E-state index in [1.165, 1.54) is 0 Å². The molecule has 0 fully saturated rings. The zero-order chi connectivity index (χ0) is 13.4. The zero-order valence-electron chi connectivity index (χ0n) is 9.92. The highest BCUT2D eigenvalue weighted by molar-refractivity contribution is 5.14. The summed E-state index contributed by atoms with van der Waals surface area (Å²) >= 11 is 0. The van der Waals surface area contributed by atoms with Crippen LogP contribution in [0.5, 0.6) is 0 Å². The van der Waals surface area contributed by atoms with Crippen LogP contribution in [0.3, 0.4) is 0 Å². The summed E-state index contributed by atoms with van der Waals surface area (Å²) in [5, 5.41) is 31.6. The molecule has 0 aliphatic carbocycles. The summed E-state index contributed by atoms with van der Waals surface area (Å²) in [5.74, 6) is 0. The van der Waals surface area contributed by atoms with Crippen LogP contribution in [-0.4, -0.2) is 40.2 Å². The maximum atomic E-state index is 9.76. The largest absolute Gasteiger partial charge is 0.396 e. The van der Waals surface area contributed by atoms with Gasteiger partial charge in [-0.25, -0.2) is 0 Å². The van der Waals surface area contributed by atoms with E-state index in [4.69, 9.17) is 10.6 Å². The highest BCUT2D eigenvalue weighted by Crippen LogP contribution is 2.11. The van der Waals surface area contributed by atoms with Crippen LogP contribution in [0.15, 0.2) is 35.4 Å². The number of nitrogens with zero attached hydrogens (tertiary/aromatic N) is 3. The van der Waals surface area contributed by atoms with Crippen molar-refractivity contribution in [3.63, 3.8) is 0 Å². The molecule has 0 amide bonds. The Balaban J connectivity index is 2.49. The number of aliphatic hydroxyl groups excluding tert-OH is 3. The molecule has 1 rings (SSSR count). The monoisotopic (exact) mass is 251 g/mol. The van der Waals surface area contributed by atoms with Crippen molar-refractivity contribution in [2.75, 3.05) is 6.61 Å². The smallest absolute Gasteiger partial charge is 0.0906 e. The maximum Gasteiger partial charge on any atom is 0.0906 e. The number of benzene rings is 1. The Morgan fingerprint density at radius 1 is 1.22 bits per heavy atom. The molecule has 0 aliphatic rings. The van der Waals surface area contributed by atoms with Crippen molar-refractivity contribution in [2.45, 2.75) is 31.1 Å². The first-order valence-corrected chi connectivity index (χ1v) is 5.74. The molecule has 6 heteroatoms. The SMILES string of the molecule is [N-]=[N+]=N[C@H](CO)[C@H](O)[C@H](O)CCc1ccccc1. The van der Waals surface area contributed by atoms with E-state index in [1.54, 1.807) is 0 Å². The topological polar surface area (TPSA) is 109 Å². The van der Waals surface area contributed by atoms with Crippen molar-refractivity contribution in [2.24, 2.45) is 5.11 Å². The Hall–Kier alpha value is -1.59. The van der Waals surface area contributed by atoms with Crippen LogP contribution in [0, 0.1) is 0 Å². The van der Waals surface area contributed by atoms with Crippen molar-refractivity contribution in [1.29, 1.82) is 0 Å². The second kappa shape index (κ2) is 7.68. The third-order valence-electron chi connectivity index (χ3n) is 2.75. The molecule has 0 unspecified atom stereocenters. The van der Waals surface area contributed by atoms with Crippen LogP contribution in [-0.2, 0) is 6.42 Å². The van der Waals surface area contributed by atoms with E-state index in [-0.39, 0.29) is 0 Å². The molecule has 0 spiro atoms. The number of hydrogen-bond donors (Lipinski definition) is 3. The Bertz CT molecular complexity index is 393. The molecule has 0 heterocycles. The summed E-state index contributed by atoms with van der Waals surface area (Å²) < 4.78 is 0.